The number of nitrogens with zero attached hydrogens (tertiary/aromatic N) is 1. The number of carbonyl (C=O) groups excluding carboxylic acids is 2. The molecule has 0 bridgehead atoms. The molecular formula is C22H19Cl2N3O4S. The first-order valence-electron chi connectivity index (χ1n) is 9.35. The Labute approximate surface area is 195 Å². The molecule has 7 nitrogen and oxygen atoms in total. The summed E-state index contributed by atoms with van der Waals surface area (Å²) in [5, 5.41) is 2.93. The highest BCUT2D eigenvalue weighted by atomic mass is 35.5. The maximum absolute atomic E-state index is 13.3. The summed E-state index contributed by atoms with van der Waals surface area (Å²) in [6, 6.07) is 18.8. The summed E-state index contributed by atoms with van der Waals surface area (Å²) in [4.78, 5) is 23.8. The van der Waals surface area contributed by atoms with Crippen molar-refractivity contribution in [3.8, 4) is 0 Å². The molecule has 3 aromatic carbocycles. The average Bonchev–Trinajstić information content (AvgIpc) is 2.76. The minimum Gasteiger partial charge on any atom is -0.366 e. The topological polar surface area (TPSA) is 110 Å². The Morgan fingerprint density at radius 2 is 1.56 bits per heavy atom. The van der Waals surface area contributed by atoms with Gasteiger partial charge in [0.15, 0.2) is 0 Å². The molecule has 0 fully saturated rings. The summed E-state index contributed by atoms with van der Waals surface area (Å²) in [5.74, 6) is -1.15. The van der Waals surface area contributed by atoms with Gasteiger partial charge in [-0.15, -0.1) is 0 Å². The quantitative estimate of drug-likeness (QED) is 0.497. The van der Waals surface area contributed by atoms with Gasteiger partial charge in [-0.25, -0.2) is 8.42 Å². The fraction of sp³-hybridized carbons (Fsp3) is 0.0909. The lowest BCUT2D eigenvalue weighted by Crippen LogP contribution is -2.37. The molecule has 0 aliphatic heterocycles. The lowest BCUT2D eigenvalue weighted by atomic mass is 10.2. The molecule has 0 aliphatic rings. The Morgan fingerprint density at radius 3 is 2.16 bits per heavy atom. The third-order valence-corrected chi connectivity index (χ3v) is 7.03. The van der Waals surface area contributed by atoms with Crippen LogP contribution in [0.5, 0.6) is 0 Å². The molecular weight excluding hydrogens is 473 g/mol. The van der Waals surface area contributed by atoms with Crippen LogP contribution in [0.3, 0.4) is 0 Å². The lowest BCUT2D eigenvalue weighted by molar-refractivity contribution is -0.116. The zero-order chi connectivity index (χ0) is 23.3. The maximum Gasteiger partial charge on any atom is 0.248 e. The van der Waals surface area contributed by atoms with E-state index in [1.165, 1.54) is 42.5 Å². The van der Waals surface area contributed by atoms with Crippen molar-refractivity contribution in [2.24, 2.45) is 5.73 Å². The summed E-state index contributed by atoms with van der Waals surface area (Å²) in [5.41, 5.74) is 6.60. The van der Waals surface area contributed by atoms with Gasteiger partial charge in [-0.3, -0.25) is 9.59 Å². The summed E-state index contributed by atoms with van der Waals surface area (Å²) in [6.07, 6.45) is 0. The van der Waals surface area contributed by atoms with E-state index < -0.39 is 28.4 Å². The minimum absolute atomic E-state index is 0.0303. The molecule has 0 unspecified atom stereocenters. The maximum atomic E-state index is 13.3. The van der Waals surface area contributed by atoms with Gasteiger partial charge in [0, 0.05) is 17.8 Å². The van der Waals surface area contributed by atoms with Crippen LogP contribution in [0.1, 0.15) is 15.9 Å². The van der Waals surface area contributed by atoms with Crippen LogP contribution in [0.2, 0.25) is 10.0 Å². The largest absolute Gasteiger partial charge is 0.366 e. The first-order valence-corrected chi connectivity index (χ1v) is 11.6. The van der Waals surface area contributed by atoms with E-state index in [9.17, 15) is 18.0 Å². The highest BCUT2D eigenvalue weighted by Gasteiger charge is 2.27. The van der Waals surface area contributed by atoms with Crippen LogP contribution in [0, 0.1) is 0 Å². The van der Waals surface area contributed by atoms with Crippen molar-refractivity contribution in [2.75, 3.05) is 11.9 Å². The number of halogens is 2. The number of anilines is 1. The number of carbonyl (C=O) groups is 2. The monoisotopic (exact) mass is 491 g/mol. The van der Waals surface area contributed by atoms with Gasteiger partial charge in [0.2, 0.25) is 21.8 Å². The van der Waals surface area contributed by atoms with Crippen LogP contribution in [0.15, 0.2) is 77.7 Å². The van der Waals surface area contributed by atoms with E-state index >= 15 is 0 Å². The van der Waals surface area contributed by atoms with Crippen molar-refractivity contribution >= 4 is 50.7 Å². The van der Waals surface area contributed by atoms with E-state index in [0.29, 0.717) is 11.3 Å². The van der Waals surface area contributed by atoms with Gasteiger partial charge in [-0.2, -0.15) is 4.31 Å². The van der Waals surface area contributed by atoms with E-state index in [1.54, 1.807) is 24.3 Å². The van der Waals surface area contributed by atoms with Crippen molar-refractivity contribution in [3.63, 3.8) is 0 Å². The second kappa shape index (κ2) is 10.1. The molecule has 0 saturated carbocycles. The van der Waals surface area contributed by atoms with Crippen LogP contribution in [-0.4, -0.2) is 31.1 Å². The number of sulfonamides is 1. The molecule has 2 amide bonds. The number of benzene rings is 3. The number of amides is 2. The fourth-order valence-corrected chi connectivity index (χ4v) is 4.65. The predicted molar refractivity (Wildman–Crippen MR) is 124 cm³/mol. The Bertz CT molecular complexity index is 1230. The van der Waals surface area contributed by atoms with Crippen LogP contribution < -0.4 is 11.1 Å². The molecule has 0 atom stereocenters. The third-order valence-electron chi connectivity index (χ3n) is 4.50. The molecule has 3 aromatic rings. The summed E-state index contributed by atoms with van der Waals surface area (Å²) in [6.45, 7) is -0.480. The zero-order valence-electron chi connectivity index (χ0n) is 16.7. The van der Waals surface area contributed by atoms with Crippen LogP contribution >= 0.6 is 23.2 Å². The highest BCUT2D eigenvalue weighted by molar-refractivity contribution is 7.89. The highest BCUT2D eigenvalue weighted by Crippen LogP contribution is 2.27. The molecule has 0 saturated heterocycles. The van der Waals surface area contributed by atoms with Gasteiger partial charge in [0.1, 0.15) is 0 Å². The SMILES string of the molecule is NC(=O)c1ccc(NC(=O)CN(Cc2ccccc2)S(=O)(=O)c2ccc(Cl)c(Cl)c2)cc1. The van der Waals surface area contributed by atoms with Crippen molar-refractivity contribution in [1.29, 1.82) is 0 Å². The first-order chi connectivity index (χ1) is 15.2. The molecule has 0 aromatic heterocycles. The van der Waals surface area contributed by atoms with Gasteiger partial charge >= 0.3 is 0 Å². The molecule has 0 aliphatic carbocycles. The van der Waals surface area contributed by atoms with E-state index in [4.69, 9.17) is 28.9 Å². The first kappa shape index (κ1) is 23.7. The van der Waals surface area contributed by atoms with Crippen molar-refractivity contribution in [1.82, 2.24) is 4.31 Å². The average molecular weight is 492 g/mol. The molecule has 32 heavy (non-hydrogen) atoms. The molecule has 3 N–H and O–H groups in total. The van der Waals surface area contributed by atoms with Crippen LogP contribution in [-0.2, 0) is 21.4 Å². The Morgan fingerprint density at radius 1 is 0.906 bits per heavy atom. The third kappa shape index (κ3) is 5.86. The van der Waals surface area contributed by atoms with Gasteiger partial charge in [0.25, 0.3) is 0 Å². The fourth-order valence-electron chi connectivity index (χ4n) is 2.88. The van der Waals surface area contributed by atoms with E-state index in [2.05, 4.69) is 5.32 Å². The molecule has 0 radical (unpaired) electrons. The number of hydrogen-bond donors (Lipinski definition) is 2. The predicted octanol–water partition coefficient (Wildman–Crippen LogP) is 3.92. The molecule has 3 rings (SSSR count). The zero-order valence-corrected chi connectivity index (χ0v) is 19.0. The molecule has 0 spiro atoms. The number of primary amides is 1. The van der Waals surface area contributed by atoms with Crippen molar-refractivity contribution < 1.29 is 18.0 Å². The summed E-state index contributed by atoms with van der Waals surface area (Å²) < 4.78 is 27.7. The Balaban J connectivity index is 1.85. The van der Waals surface area contributed by atoms with Crippen LogP contribution in [0.4, 0.5) is 5.69 Å². The number of hydrogen-bond acceptors (Lipinski definition) is 4. The number of nitrogens with one attached hydrogen (secondary N) is 1. The number of rotatable bonds is 8. The lowest BCUT2D eigenvalue weighted by Gasteiger charge is -2.22. The van der Waals surface area contributed by atoms with E-state index in [-0.39, 0.29) is 27.0 Å². The standard InChI is InChI=1S/C22H19Cl2N3O4S/c23-19-11-10-18(12-20(19)24)32(30,31)27(13-15-4-2-1-3-5-15)14-21(28)26-17-8-6-16(7-9-17)22(25)29/h1-12H,13-14H2,(H2,25,29)(H,26,28). The van der Waals surface area contributed by atoms with Gasteiger partial charge in [-0.05, 0) is 48.0 Å². The number of nitrogens with two attached hydrogens (primary N) is 1. The van der Waals surface area contributed by atoms with E-state index in [1.807, 2.05) is 6.07 Å². The van der Waals surface area contributed by atoms with E-state index in [0.717, 1.165) is 4.31 Å². The minimum atomic E-state index is -4.08. The smallest absolute Gasteiger partial charge is 0.248 e. The second-order valence-corrected chi connectivity index (χ2v) is 9.58. The van der Waals surface area contributed by atoms with Crippen LogP contribution in [0.25, 0.3) is 0 Å². The second-order valence-electron chi connectivity index (χ2n) is 6.82. The van der Waals surface area contributed by atoms with Gasteiger partial charge < -0.3 is 11.1 Å². The molecule has 0 heterocycles. The summed E-state index contributed by atoms with van der Waals surface area (Å²) >= 11 is 11.9. The van der Waals surface area contributed by atoms with Crippen molar-refractivity contribution in [2.45, 2.75) is 11.4 Å². The van der Waals surface area contributed by atoms with Gasteiger partial charge in [-0.1, -0.05) is 53.5 Å². The molecule has 10 heteroatoms. The Hall–Kier alpha value is -2.91. The normalized spacial score (nSPS) is 11.3. The van der Waals surface area contributed by atoms with Gasteiger partial charge in [0.05, 0.1) is 21.5 Å². The molecule has 166 valence electrons. The summed E-state index contributed by atoms with van der Waals surface area (Å²) in [7, 11) is -4.08. The Kier molecular flexibility index (Phi) is 7.52. The van der Waals surface area contributed by atoms with Crippen molar-refractivity contribution in [3.05, 3.63) is 94.0 Å².